The van der Waals surface area contributed by atoms with Gasteiger partial charge in [-0.2, -0.15) is 0 Å². The second-order valence-corrected chi connectivity index (χ2v) is 9.43. The monoisotopic (exact) mass is 156 g/mol. The summed E-state index contributed by atoms with van der Waals surface area (Å²) < 4.78 is 0. The number of hydrogen-bond acceptors (Lipinski definition) is 1. The molecule has 1 N–H and O–H groups in total. The predicted octanol–water partition coefficient (Wildman–Crippen LogP) is 2.02. The zero-order chi connectivity index (χ0) is 7.99. The molecular formula is C8H16OSi. The Morgan fingerprint density at radius 2 is 2.10 bits per heavy atom. The van der Waals surface area contributed by atoms with E-state index in [0.29, 0.717) is 0 Å². The first-order chi connectivity index (χ1) is 4.33. The lowest BCUT2D eigenvalue weighted by Gasteiger charge is -2.19. The molecule has 0 amide bonds. The maximum absolute atomic E-state index is 9.73. The molecule has 1 aliphatic heterocycles. The van der Waals surface area contributed by atoms with Gasteiger partial charge in [0.1, 0.15) is 0 Å². The van der Waals surface area contributed by atoms with Crippen LogP contribution in [-0.4, -0.2) is 18.8 Å². The van der Waals surface area contributed by atoms with E-state index in [4.69, 9.17) is 0 Å². The van der Waals surface area contributed by atoms with Crippen LogP contribution in [0.2, 0.25) is 25.2 Å². The van der Waals surface area contributed by atoms with Gasteiger partial charge in [-0.15, -0.1) is 0 Å². The third-order valence-electron chi connectivity index (χ3n) is 2.28. The Morgan fingerprint density at radius 1 is 1.60 bits per heavy atom. The van der Waals surface area contributed by atoms with Crippen molar-refractivity contribution in [3.05, 3.63) is 12.2 Å². The summed E-state index contributed by atoms with van der Waals surface area (Å²) in [6.07, 6.45) is 0. The lowest BCUT2D eigenvalue weighted by molar-refractivity contribution is 0.126. The molecule has 0 bridgehead atoms. The Morgan fingerprint density at radius 3 is 2.20 bits per heavy atom. The summed E-state index contributed by atoms with van der Waals surface area (Å²) in [5, 5.41) is 9.73. The van der Waals surface area contributed by atoms with Crippen LogP contribution in [0.1, 0.15) is 6.92 Å². The van der Waals surface area contributed by atoms with Crippen molar-refractivity contribution in [3.8, 4) is 0 Å². The van der Waals surface area contributed by atoms with Crippen molar-refractivity contribution in [2.75, 3.05) is 0 Å². The van der Waals surface area contributed by atoms with Crippen molar-refractivity contribution < 1.29 is 5.11 Å². The van der Waals surface area contributed by atoms with E-state index in [2.05, 4.69) is 19.7 Å². The van der Waals surface area contributed by atoms with E-state index < -0.39 is 13.7 Å². The highest BCUT2D eigenvalue weighted by Gasteiger charge is 2.42. The molecule has 0 aromatic heterocycles. The van der Waals surface area contributed by atoms with Gasteiger partial charge in [0.05, 0.1) is 13.7 Å². The molecule has 1 heterocycles. The molecule has 10 heavy (non-hydrogen) atoms. The maximum Gasteiger partial charge on any atom is 0.0800 e. The Hall–Kier alpha value is -0.0831. The van der Waals surface area contributed by atoms with Crippen LogP contribution < -0.4 is 0 Å². The molecule has 1 unspecified atom stereocenters. The fraction of sp³-hybridized carbons (Fsp3) is 0.750. The van der Waals surface area contributed by atoms with Crippen LogP contribution in [0.4, 0.5) is 0 Å². The molecule has 1 fully saturated rings. The molecule has 1 atom stereocenters. The lowest BCUT2D eigenvalue weighted by Crippen LogP contribution is -2.26. The molecule has 0 aromatic carbocycles. The number of hydrogen-bond donors (Lipinski definition) is 1. The van der Waals surface area contributed by atoms with Crippen molar-refractivity contribution in [1.29, 1.82) is 0 Å². The highest BCUT2D eigenvalue weighted by molar-refractivity contribution is 6.79. The van der Waals surface area contributed by atoms with E-state index in [0.717, 1.165) is 17.7 Å². The summed E-state index contributed by atoms with van der Waals surface area (Å²) in [7, 11) is -1.09. The second-order valence-electron chi connectivity index (χ2n) is 4.40. The zero-order valence-electron chi connectivity index (χ0n) is 7.07. The molecule has 0 saturated carbocycles. The van der Waals surface area contributed by atoms with Gasteiger partial charge in [-0.3, -0.25) is 0 Å². The van der Waals surface area contributed by atoms with Gasteiger partial charge in [-0.1, -0.05) is 19.7 Å². The molecule has 2 heteroatoms. The second kappa shape index (κ2) is 1.95. The normalized spacial score (nSPS) is 38.6. The van der Waals surface area contributed by atoms with Gasteiger partial charge in [-0.25, -0.2) is 0 Å². The van der Waals surface area contributed by atoms with Crippen molar-refractivity contribution in [1.82, 2.24) is 0 Å². The van der Waals surface area contributed by atoms with Crippen LogP contribution in [0.3, 0.4) is 0 Å². The Bertz CT molecular complexity index is 170. The molecule has 1 saturated heterocycles. The summed E-state index contributed by atoms with van der Waals surface area (Å²) >= 11 is 0. The van der Waals surface area contributed by atoms with Crippen LogP contribution in [0, 0.1) is 0 Å². The van der Waals surface area contributed by atoms with Gasteiger partial charge in [0, 0.05) is 0 Å². The fourth-order valence-corrected chi connectivity index (χ4v) is 5.66. The molecule has 1 rings (SSSR count). The smallest absolute Gasteiger partial charge is 0.0800 e. The minimum absolute atomic E-state index is 0.546. The first-order valence-electron chi connectivity index (χ1n) is 3.74. The van der Waals surface area contributed by atoms with Crippen molar-refractivity contribution in [2.45, 2.75) is 37.7 Å². The van der Waals surface area contributed by atoms with Crippen LogP contribution in [-0.2, 0) is 0 Å². The highest BCUT2D eigenvalue weighted by atomic mass is 28.3. The predicted molar refractivity (Wildman–Crippen MR) is 46.9 cm³/mol. The quantitative estimate of drug-likeness (QED) is 0.420. The minimum atomic E-state index is -1.09. The van der Waals surface area contributed by atoms with Crippen molar-refractivity contribution in [3.63, 3.8) is 0 Å². The molecule has 0 aliphatic carbocycles. The molecule has 58 valence electrons. The summed E-state index contributed by atoms with van der Waals surface area (Å²) in [6.45, 7) is 10.4. The van der Waals surface area contributed by atoms with Gasteiger partial charge in [0.2, 0.25) is 0 Å². The largest absolute Gasteiger partial charge is 0.386 e. The zero-order valence-corrected chi connectivity index (χ0v) is 8.07. The minimum Gasteiger partial charge on any atom is -0.386 e. The maximum atomic E-state index is 9.73. The first-order valence-corrected chi connectivity index (χ1v) is 7.16. The third-order valence-corrected chi connectivity index (χ3v) is 5.31. The average Bonchev–Trinajstić information content (AvgIpc) is 1.73. The van der Waals surface area contributed by atoms with Gasteiger partial charge >= 0.3 is 0 Å². The molecule has 1 nitrogen and oxygen atoms in total. The van der Waals surface area contributed by atoms with Gasteiger partial charge in [-0.05, 0) is 24.6 Å². The van der Waals surface area contributed by atoms with Crippen molar-refractivity contribution in [2.24, 2.45) is 0 Å². The molecule has 0 radical (unpaired) electrons. The number of rotatable bonds is 0. The van der Waals surface area contributed by atoms with E-state index in [1.165, 1.54) is 0 Å². The fourth-order valence-electron chi connectivity index (χ4n) is 1.89. The lowest BCUT2D eigenvalue weighted by atomic mass is 10.0. The van der Waals surface area contributed by atoms with E-state index in [9.17, 15) is 5.11 Å². The summed E-state index contributed by atoms with van der Waals surface area (Å²) in [4.78, 5) is 0. The van der Waals surface area contributed by atoms with Crippen LogP contribution in [0.25, 0.3) is 0 Å². The standard InChI is InChI=1S/C8H16OSi/c1-7-5-10(3,4)6-8(7,2)9/h9H,1,5-6H2,2-4H3. The summed E-state index contributed by atoms with van der Waals surface area (Å²) in [5.41, 5.74) is 0.500. The summed E-state index contributed by atoms with van der Waals surface area (Å²) in [5.74, 6) is 0. The Balaban J connectivity index is 2.81. The van der Waals surface area contributed by atoms with E-state index in [1.807, 2.05) is 6.92 Å². The average molecular weight is 156 g/mol. The molecule has 0 spiro atoms. The molecule has 1 aliphatic rings. The van der Waals surface area contributed by atoms with Gasteiger partial charge < -0.3 is 5.11 Å². The molecule has 0 aromatic rings. The van der Waals surface area contributed by atoms with Gasteiger partial charge in [0.15, 0.2) is 0 Å². The van der Waals surface area contributed by atoms with E-state index >= 15 is 0 Å². The third kappa shape index (κ3) is 1.32. The first kappa shape index (κ1) is 8.02. The van der Waals surface area contributed by atoms with Crippen LogP contribution in [0.15, 0.2) is 12.2 Å². The van der Waals surface area contributed by atoms with Crippen LogP contribution >= 0.6 is 0 Å². The molecular weight excluding hydrogens is 140 g/mol. The van der Waals surface area contributed by atoms with Crippen LogP contribution in [0.5, 0.6) is 0 Å². The van der Waals surface area contributed by atoms with E-state index in [1.54, 1.807) is 0 Å². The number of aliphatic hydroxyl groups is 1. The van der Waals surface area contributed by atoms with Gasteiger partial charge in [0.25, 0.3) is 0 Å². The Kier molecular flexibility index (Phi) is 1.57. The van der Waals surface area contributed by atoms with E-state index in [-0.39, 0.29) is 0 Å². The highest BCUT2D eigenvalue weighted by Crippen LogP contribution is 2.40. The Labute approximate surface area is 63.8 Å². The summed E-state index contributed by atoms with van der Waals surface area (Å²) in [6, 6.07) is 2.08. The SMILES string of the molecule is C=C1C[Si](C)(C)CC1(C)O. The van der Waals surface area contributed by atoms with Crippen molar-refractivity contribution >= 4 is 8.07 Å². The topological polar surface area (TPSA) is 20.2 Å².